The van der Waals surface area contributed by atoms with E-state index in [0.717, 1.165) is 61.2 Å². The first-order valence-electron chi connectivity index (χ1n) is 26.3. The zero-order valence-electron chi connectivity index (χ0n) is 50.9. The molecule has 11 nitrogen and oxygen atoms in total. The van der Waals surface area contributed by atoms with Crippen LogP contribution in [0.4, 0.5) is 0 Å². The highest BCUT2D eigenvalue weighted by atomic mass is 32.1. The SMILES string of the molecule is CC(C)(C)CCn1ccnc1.CC(C)(C)Cc1cccs1.CC(C)(C)Cc1ccno1.CC(C)(C)Cc1ccsc1.Cc1cc(CC(C)(C)C)no1.Cc1nnc(CC(C)(C)C)o1.Cn1ccnc1CC(C)(C)C. The molecule has 0 saturated carbocycles. The monoisotopic (exact) mass is 1060 g/mol. The quantitative estimate of drug-likeness (QED) is 0.146. The second-order valence-electron chi connectivity index (χ2n) is 27.8. The van der Waals surface area contributed by atoms with Crippen molar-refractivity contribution in [2.24, 2.45) is 45.0 Å². The molecule has 7 aromatic heterocycles. The first-order valence-corrected chi connectivity index (χ1v) is 28.1. The molecule has 0 aromatic carbocycles. The number of hydrogen-bond donors (Lipinski definition) is 0. The molecule has 0 fully saturated rings. The van der Waals surface area contributed by atoms with Crippen LogP contribution in [0.5, 0.6) is 0 Å². The van der Waals surface area contributed by atoms with Gasteiger partial charge < -0.3 is 22.6 Å². The molecule has 0 aliphatic rings. The maximum Gasteiger partial charge on any atom is 0.217 e. The normalized spacial score (nSPS) is 11.9. The van der Waals surface area contributed by atoms with Crippen LogP contribution in [0.3, 0.4) is 0 Å². The number of rotatable bonds is 8. The van der Waals surface area contributed by atoms with Crippen LogP contribution < -0.4 is 0 Å². The van der Waals surface area contributed by atoms with Crippen molar-refractivity contribution in [1.29, 1.82) is 0 Å². The molecule has 0 unspecified atom stereocenters. The fourth-order valence-corrected chi connectivity index (χ4v) is 8.30. The first-order chi connectivity index (χ1) is 33.7. The van der Waals surface area contributed by atoms with Gasteiger partial charge in [-0.2, -0.15) is 11.3 Å². The Hall–Kier alpha value is -4.62. The topological polar surface area (TPSA) is 127 Å². The summed E-state index contributed by atoms with van der Waals surface area (Å²) in [6.07, 6.45) is 18.6. The van der Waals surface area contributed by atoms with E-state index in [9.17, 15) is 0 Å². The number of nitrogens with zero attached hydrogens (tertiary/aromatic N) is 8. The van der Waals surface area contributed by atoms with Crippen LogP contribution in [0.15, 0.2) is 97.2 Å². The van der Waals surface area contributed by atoms with E-state index >= 15 is 0 Å². The minimum absolute atomic E-state index is 0.221. The number of aromatic nitrogens is 8. The van der Waals surface area contributed by atoms with Crippen LogP contribution in [0.1, 0.15) is 197 Å². The average Bonchev–Trinajstić information content (AvgIpc) is 4.06. The van der Waals surface area contributed by atoms with Crippen molar-refractivity contribution in [2.75, 3.05) is 0 Å². The molecule has 0 N–H and O–H groups in total. The molecule has 74 heavy (non-hydrogen) atoms. The van der Waals surface area contributed by atoms with Gasteiger partial charge in [0.1, 0.15) is 17.3 Å². The highest BCUT2D eigenvalue weighted by Gasteiger charge is 2.17. The van der Waals surface area contributed by atoms with Gasteiger partial charge in [-0.25, -0.2) is 9.97 Å². The van der Waals surface area contributed by atoms with Gasteiger partial charge in [-0.05, 0) is 104 Å². The number of hydrogen-bond acceptors (Lipinski definition) is 11. The zero-order chi connectivity index (χ0) is 56.6. The second kappa shape index (κ2) is 30.8. The van der Waals surface area contributed by atoms with Gasteiger partial charge >= 0.3 is 0 Å². The van der Waals surface area contributed by atoms with Crippen molar-refractivity contribution in [3.63, 3.8) is 0 Å². The molecule has 7 heterocycles. The smallest absolute Gasteiger partial charge is 0.217 e. The predicted molar refractivity (Wildman–Crippen MR) is 314 cm³/mol. The van der Waals surface area contributed by atoms with E-state index in [1.54, 1.807) is 24.5 Å². The molecule has 0 amide bonds. The molecule has 0 aliphatic carbocycles. The van der Waals surface area contributed by atoms with Crippen LogP contribution in [0, 0.1) is 51.8 Å². The van der Waals surface area contributed by atoms with Crippen molar-refractivity contribution >= 4 is 22.7 Å². The van der Waals surface area contributed by atoms with Gasteiger partial charge in [0.25, 0.3) is 0 Å². The summed E-state index contributed by atoms with van der Waals surface area (Å²) in [6.45, 7) is 51.4. The first kappa shape index (κ1) is 67.4. The van der Waals surface area contributed by atoms with Gasteiger partial charge in [-0.3, -0.25) is 0 Å². The van der Waals surface area contributed by atoms with Gasteiger partial charge in [-0.1, -0.05) is 162 Å². The van der Waals surface area contributed by atoms with Gasteiger partial charge in [0.15, 0.2) is 0 Å². The van der Waals surface area contributed by atoms with Gasteiger partial charge in [0, 0.05) is 81.6 Å². The van der Waals surface area contributed by atoms with E-state index in [-0.39, 0.29) is 5.41 Å². The summed E-state index contributed by atoms with van der Waals surface area (Å²) in [4.78, 5) is 9.74. The lowest BCUT2D eigenvalue weighted by atomic mass is 9.89. The minimum Gasteiger partial charge on any atom is -0.426 e. The van der Waals surface area contributed by atoms with Gasteiger partial charge in [-0.15, -0.1) is 21.5 Å². The molecule has 7 aromatic rings. The summed E-state index contributed by atoms with van der Waals surface area (Å²) in [5, 5.41) is 21.7. The van der Waals surface area contributed by atoms with Gasteiger partial charge in [0.2, 0.25) is 11.8 Å². The van der Waals surface area contributed by atoms with Crippen LogP contribution in [-0.2, 0) is 52.1 Å². The predicted octanol–water partition coefficient (Wildman–Crippen LogP) is 17.8. The van der Waals surface area contributed by atoms with Crippen molar-refractivity contribution in [3.8, 4) is 0 Å². The van der Waals surface area contributed by atoms with E-state index in [4.69, 9.17) is 13.5 Å². The van der Waals surface area contributed by atoms with Crippen LogP contribution in [0.25, 0.3) is 0 Å². The van der Waals surface area contributed by atoms with Crippen molar-refractivity contribution < 1.29 is 13.5 Å². The molecule has 0 saturated heterocycles. The largest absolute Gasteiger partial charge is 0.426 e. The summed E-state index contributed by atoms with van der Waals surface area (Å²) in [5.74, 6) is 4.40. The Morgan fingerprint density at radius 1 is 0.581 bits per heavy atom. The standard InChI is InChI=1S/2C9H16N2.C9H15NO.2C9H14S.C8H14N2O.C8H13NO/c1-9(2,3)7-8-10-5-6-11(8)4;1-9(2,3)4-6-11-7-5-10-8-11;1-7-5-8(10-11-7)6-9(2,3)4;1-9(2,3)6-8-4-5-10-7-8;1-9(2,3)7-8-5-4-6-10-8;1-6-9-10-7(11-6)5-8(2,3)4;1-8(2,3)6-7-4-5-9-10-7/h5-6H,7H2,1-4H3;5,7-8H,4,6H2,1-3H3;5H,6H2,1-4H3;4-5,7H,6H2,1-3H3;4-6H,7H2,1-3H3;5H2,1-4H3;4-5H,6H2,1-3H3. The maximum absolute atomic E-state index is 5.24. The van der Waals surface area contributed by atoms with Crippen LogP contribution in [0.2, 0.25) is 0 Å². The van der Waals surface area contributed by atoms with E-state index in [1.165, 1.54) is 29.7 Å². The lowest BCUT2D eigenvalue weighted by Crippen LogP contribution is -2.12. The molecular formula is C61H102N8O3S2. The highest BCUT2D eigenvalue weighted by Crippen LogP contribution is 2.25. The Morgan fingerprint density at radius 2 is 1.19 bits per heavy atom. The average molecular weight is 1060 g/mol. The van der Waals surface area contributed by atoms with E-state index in [1.807, 2.05) is 68.6 Å². The van der Waals surface area contributed by atoms with E-state index in [0.29, 0.717) is 38.4 Å². The van der Waals surface area contributed by atoms with E-state index in [2.05, 4.69) is 219 Å². The summed E-state index contributed by atoms with van der Waals surface area (Å²) < 4.78 is 19.3. The van der Waals surface area contributed by atoms with Gasteiger partial charge in [0.05, 0.1) is 18.2 Å². The minimum atomic E-state index is 0.221. The molecule has 0 aliphatic heterocycles. The molecule has 0 bridgehead atoms. The number of imidazole rings is 2. The van der Waals surface area contributed by atoms with Crippen molar-refractivity contribution in [1.82, 2.24) is 39.6 Å². The molecule has 13 heteroatoms. The van der Waals surface area contributed by atoms with Crippen molar-refractivity contribution in [2.45, 2.75) is 211 Å². The molecule has 416 valence electrons. The summed E-state index contributed by atoms with van der Waals surface area (Å²) in [6, 6.07) is 10.4. The zero-order valence-corrected chi connectivity index (χ0v) is 52.5. The third-order valence-corrected chi connectivity index (χ3v) is 11.3. The maximum atomic E-state index is 5.24. The Labute approximate surface area is 458 Å². The number of aryl methyl sites for hydroxylation is 4. The molecule has 0 spiro atoms. The molecule has 0 atom stereocenters. The van der Waals surface area contributed by atoms with Crippen LogP contribution >= 0.6 is 22.7 Å². The summed E-state index contributed by atoms with van der Waals surface area (Å²) >= 11 is 3.63. The van der Waals surface area contributed by atoms with E-state index < -0.39 is 0 Å². The Balaban J connectivity index is 0.000000432. The van der Waals surface area contributed by atoms with Crippen molar-refractivity contribution in [3.05, 3.63) is 129 Å². The Bertz CT molecular complexity index is 2250. The highest BCUT2D eigenvalue weighted by molar-refractivity contribution is 7.09. The molecular weight excluding hydrogens is 957 g/mol. The third-order valence-electron chi connectivity index (χ3n) is 9.72. The third kappa shape index (κ3) is 38.9. The Kier molecular flexibility index (Phi) is 28.1. The Morgan fingerprint density at radius 3 is 1.58 bits per heavy atom. The molecule has 0 radical (unpaired) electrons. The second-order valence-corrected chi connectivity index (χ2v) is 29.6. The molecule has 7 rings (SSSR count). The fraction of sp³-hybridized carbons (Fsp3) is 0.639. The lowest BCUT2D eigenvalue weighted by Gasteiger charge is -2.17. The lowest BCUT2D eigenvalue weighted by molar-refractivity contribution is 0.320. The summed E-state index contributed by atoms with van der Waals surface area (Å²) in [7, 11) is 2.04. The fourth-order valence-electron chi connectivity index (χ4n) is 6.63. The summed E-state index contributed by atoms with van der Waals surface area (Å²) in [5.41, 5.74) is 4.95. The number of thiophene rings is 2. The van der Waals surface area contributed by atoms with Crippen LogP contribution in [-0.4, -0.2) is 39.6 Å².